The minimum Gasteiger partial charge on any atom is -0.297 e. The highest BCUT2D eigenvalue weighted by molar-refractivity contribution is 4.86. The third-order valence-corrected chi connectivity index (χ3v) is 3.14. The van der Waals surface area contributed by atoms with E-state index in [9.17, 15) is 0 Å². The van der Waals surface area contributed by atoms with Crippen LogP contribution in [0, 0.1) is 5.92 Å². The summed E-state index contributed by atoms with van der Waals surface area (Å²) in [6.07, 6.45) is 6.17. The largest absolute Gasteiger partial charge is 0.297 e. The van der Waals surface area contributed by atoms with E-state index in [-0.39, 0.29) is 0 Å². The molecule has 1 rings (SSSR count). The molecule has 1 heterocycles. The predicted molar refractivity (Wildman–Crippen MR) is 54.2 cm³/mol. The van der Waals surface area contributed by atoms with Gasteiger partial charge in [-0.2, -0.15) is 0 Å². The van der Waals surface area contributed by atoms with Gasteiger partial charge in [-0.1, -0.05) is 19.4 Å². The van der Waals surface area contributed by atoms with Crippen LogP contribution in [-0.2, 0) is 0 Å². The number of hydrogen-bond donors (Lipinski definition) is 0. The molecule has 1 aliphatic rings. The van der Waals surface area contributed by atoms with Crippen molar-refractivity contribution >= 4 is 0 Å². The summed E-state index contributed by atoms with van der Waals surface area (Å²) >= 11 is 0. The second-order valence-electron chi connectivity index (χ2n) is 3.86. The minimum atomic E-state index is 0.572. The smallest absolute Gasteiger partial charge is 0.0247 e. The SMILES string of the molecule is C=CC(C)N1CCC(CC)CC1. The maximum absolute atomic E-state index is 3.83. The summed E-state index contributed by atoms with van der Waals surface area (Å²) in [4.78, 5) is 2.53. The zero-order valence-electron chi connectivity index (χ0n) is 8.42. The average molecular weight is 167 g/mol. The van der Waals surface area contributed by atoms with Crippen molar-refractivity contribution in [3.8, 4) is 0 Å². The van der Waals surface area contributed by atoms with Crippen LogP contribution in [-0.4, -0.2) is 24.0 Å². The predicted octanol–water partition coefficient (Wildman–Crippen LogP) is 2.68. The first-order valence-corrected chi connectivity index (χ1v) is 5.14. The maximum Gasteiger partial charge on any atom is 0.0247 e. The topological polar surface area (TPSA) is 3.24 Å². The second kappa shape index (κ2) is 4.66. The number of piperidine rings is 1. The lowest BCUT2D eigenvalue weighted by Crippen LogP contribution is -2.38. The highest BCUT2D eigenvalue weighted by Crippen LogP contribution is 2.21. The fourth-order valence-corrected chi connectivity index (χ4v) is 1.92. The van der Waals surface area contributed by atoms with Crippen LogP contribution in [0.4, 0.5) is 0 Å². The Morgan fingerprint density at radius 1 is 1.50 bits per heavy atom. The van der Waals surface area contributed by atoms with E-state index < -0.39 is 0 Å². The average Bonchev–Trinajstić information content (AvgIpc) is 2.17. The normalized spacial score (nSPS) is 23.8. The second-order valence-corrected chi connectivity index (χ2v) is 3.86. The third-order valence-electron chi connectivity index (χ3n) is 3.14. The molecule has 12 heavy (non-hydrogen) atoms. The Morgan fingerprint density at radius 3 is 2.50 bits per heavy atom. The van der Waals surface area contributed by atoms with Crippen molar-refractivity contribution < 1.29 is 0 Å². The highest BCUT2D eigenvalue weighted by Gasteiger charge is 2.19. The molecule has 1 fully saturated rings. The van der Waals surface area contributed by atoms with Crippen molar-refractivity contribution in [2.24, 2.45) is 5.92 Å². The lowest BCUT2D eigenvalue weighted by molar-refractivity contribution is 0.160. The lowest BCUT2D eigenvalue weighted by atomic mass is 9.94. The first kappa shape index (κ1) is 9.79. The van der Waals surface area contributed by atoms with Gasteiger partial charge in [0.2, 0.25) is 0 Å². The van der Waals surface area contributed by atoms with Crippen molar-refractivity contribution in [1.82, 2.24) is 4.90 Å². The zero-order valence-corrected chi connectivity index (χ0v) is 8.42. The molecule has 0 spiro atoms. The molecule has 0 aromatic heterocycles. The summed E-state index contributed by atoms with van der Waals surface area (Å²) in [5, 5.41) is 0. The van der Waals surface area contributed by atoms with E-state index in [0.717, 1.165) is 5.92 Å². The van der Waals surface area contributed by atoms with E-state index in [1.807, 2.05) is 6.08 Å². The molecule has 0 bridgehead atoms. The number of likely N-dealkylation sites (tertiary alicyclic amines) is 1. The van der Waals surface area contributed by atoms with Crippen LogP contribution in [0.5, 0.6) is 0 Å². The van der Waals surface area contributed by atoms with Gasteiger partial charge in [0.25, 0.3) is 0 Å². The Hall–Kier alpha value is -0.300. The van der Waals surface area contributed by atoms with Crippen LogP contribution >= 0.6 is 0 Å². The molecule has 0 amide bonds. The highest BCUT2D eigenvalue weighted by atomic mass is 15.1. The molecule has 1 unspecified atom stereocenters. The van der Waals surface area contributed by atoms with Crippen LogP contribution in [0.3, 0.4) is 0 Å². The summed E-state index contributed by atoms with van der Waals surface area (Å²) < 4.78 is 0. The standard InChI is InChI=1S/C11H21N/c1-4-10(3)12-8-6-11(5-2)7-9-12/h4,10-11H,1,5-9H2,2-3H3. The molecular weight excluding hydrogens is 146 g/mol. The van der Waals surface area contributed by atoms with E-state index in [0.29, 0.717) is 6.04 Å². The first-order valence-electron chi connectivity index (χ1n) is 5.14. The molecule has 1 saturated heterocycles. The van der Waals surface area contributed by atoms with Crippen molar-refractivity contribution in [3.63, 3.8) is 0 Å². The van der Waals surface area contributed by atoms with Gasteiger partial charge in [-0.3, -0.25) is 4.90 Å². The fraction of sp³-hybridized carbons (Fsp3) is 0.818. The van der Waals surface area contributed by atoms with Gasteiger partial charge in [0.05, 0.1) is 0 Å². The van der Waals surface area contributed by atoms with Crippen molar-refractivity contribution in [2.75, 3.05) is 13.1 Å². The van der Waals surface area contributed by atoms with Crippen LogP contribution in [0.2, 0.25) is 0 Å². The Balaban J connectivity index is 2.30. The first-order chi connectivity index (χ1) is 5.77. The Bertz CT molecular complexity index is 134. The molecule has 0 saturated carbocycles. The molecule has 1 aliphatic heterocycles. The van der Waals surface area contributed by atoms with Gasteiger partial charge in [-0.15, -0.1) is 6.58 Å². The van der Waals surface area contributed by atoms with Gasteiger partial charge >= 0.3 is 0 Å². The molecule has 0 aliphatic carbocycles. The molecule has 0 N–H and O–H groups in total. The van der Waals surface area contributed by atoms with E-state index in [2.05, 4.69) is 25.3 Å². The van der Waals surface area contributed by atoms with E-state index in [1.54, 1.807) is 0 Å². The molecule has 70 valence electrons. The summed E-state index contributed by atoms with van der Waals surface area (Å²) in [7, 11) is 0. The van der Waals surface area contributed by atoms with Gasteiger partial charge in [0, 0.05) is 6.04 Å². The van der Waals surface area contributed by atoms with E-state index in [1.165, 1.54) is 32.4 Å². The molecule has 1 heteroatoms. The minimum absolute atomic E-state index is 0.572. The van der Waals surface area contributed by atoms with Crippen molar-refractivity contribution in [3.05, 3.63) is 12.7 Å². The maximum atomic E-state index is 3.83. The molecule has 1 nitrogen and oxygen atoms in total. The summed E-state index contributed by atoms with van der Waals surface area (Å²) in [5.74, 6) is 0.985. The van der Waals surface area contributed by atoms with Crippen molar-refractivity contribution in [1.29, 1.82) is 0 Å². The fourth-order valence-electron chi connectivity index (χ4n) is 1.92. The van der Waals surface area contributed by atoms with Crippen LogP contribution in [0.1, 0.15) is 33.1 Å². The van der Waals surface area contributed by atoms with Gasteiger partial charge in [-0.05, 0) is 38.8 Å². The number of rotatable bonds is 3. The molecule has 0 radical (unpaired) electrons. The zero-order chi connectivity index (χ0) is 8.97. The Morgan fingerprint density at radius 2 is 2.08 bits per heavy atom. The third kappa shape index (κ3) is 2.34. The molecule has 0 aromatic carbocycles. The molecular formula is C11H21N. The van der Waals surface area contributed by atoms with Gasteiger partial charge in [0.15, 0.2) is 0 Å². The number of hydrogen-bond acceptors (Lipinski definition) is 1. The number of nitrogens with zero attached hydrogens (tertiary/aromatic N) is 1. The van der Waals surface area contributed by atoms with E-state index >= 15 is 0 Å². The van der Waals surface area contributed by atoms with Crippen LogP contribution < -0.4 is 0 Å². The molecule has 0 aromatic rings. The monoisotopic (exact) mass is 167 g/mol. The molecule has 1 atom stereocenters. The van der Waals surface area contributed by atoms with Crippen LogP contribution in [0.25, 0.3) is 0 Å². The summed E-state index contributed by atoms with van der Waals surface area (Å²) in [6.45, 7) is 10.9. The lowest BCUT2D eigenvalue weighted by Gasteiger charge is -2.34. The van der Waals surface area contributed by atoms with Gasteiger partial charge < -0.3 is 0 Å². The summed E-state index contributed by atoms with van der Waals surface area (Å²) in [6, 6.07) is 0.572. The van der Waals surface area contributed by atoms with Crippen LogP contribution in [0.15, 0.2) is 12.7 Å². The van der Waals surface area contributed by atoms with Gasteiger partial charge in [0.1, 0.15) is 0 Å². The quantitative estimate of drug-likeness (QED) is 0.584. The Labute approximate surface area is 76.5 Å². The van der Waals surface area contributed by atoms with E-state index in [4.69, 9.17) is 0 Å². The van der Waals surface area contributed by atoms with Gasteiger partial charge in [-0.25, -0.2) is 0 Å². The Kier molecular flexibility index (Phi) is 3.80. The van der Waals surface area contributed by atoms with Crippen molar-refractivity contribution in [2.45, 2.75) is 39.2 Å². The summed E-state index contributed by atoms with van der Waals surface area (Å²) in [5.41, 5.74) is 0.